The van der Waals surface area contributed by atoms with E-state index in [4.69, 9.17) is 17.3 Å². The monoisotopic (exact) mass is 325 g/mol. The molecule has 1 aromatic rings. The van der Waals surface area contributed by atoms with Crippen LogP contribution >= 0.6 is 24.0 Å². The van der Waals surface area contributed by atoms with Crippen molar-refractivity contribution in [2.45, 2.75) is 25.8 Å². The molecule has 3 nitrogen and oxygen atoms in total. The fourth-order valence-corrected chi connectivity index (χ4v) is 3.75. The smallest absolute Gasteiger partial charge is 0.303 e. The third kappa shape index (κ3) is 4.28. The van der Waals surface area contributed by atoms with Crippen molar-refractivity contribution in [2.75, 3.05) is 6.54 Å². The molecule has 6 heteroatoms. The Morgan fingerprint density at radius 3 is 3.00 bits per heavy atom. The van der Waals surface area contributed by atoms with Crippen molar-refractivity contribution in [2.24, 2.45) is 0 Å². The SMILES string of the molecule is CC1/C(=C/c2cccc(F)c2)SC(=S)N1CCCC(=O)O. The number of thiocarbonyl (C=S) groups is 1. The molecular weight excluding hydrogens is 309 g/mol. The second-order valence-corrected chi connectivity index (χ2v) is 6.54. The molecule has 21 heavy (non-hydrogen) atoms. The normalized spacial score (nSPS) is 20.3. The lowest BCUT2D eigenvalue weighted by Crippen LogP contribution is -2.31. The van der Waals surface area contributed by atoms with E-state index in [-0.39, 0.29) is 18.3 Å². The average Bonchev–Trinajstić information content (AvgIpc) is 2.66. The number of hydrogen-bond acceptors (Lipinski definition) is 3. The molecule has 0 aromatic heterocycles. The van der Waals surface area contributed by atoms with Gasteiger partial charge in [-0.3, -0.25) is 4.79 Å². The highest BCUT2D eigenvalue weighted by Gasteiger charge is 2.29. The molecule has 0 bridgehead atoms. The van der Waals surface area contributed by atoms with E-state index in [0.717, 1.165) is 14.8 Å². The number of rotatable bonds is 5. The quantitative estimate of drug-likeness (QED) is 0.835. The van der Waals surface area contributed by atoms with Crippen molar-refractivity contribution >= 4 is 40.3 Å². The van der Waals surface area contributed by atoms with E-state index in [9.17, 15) is 9.18 Å². The van der Waals surface area contributed by atoms with Gasteiger partial charge in [-0.05, 0) is 37.1 Å². The second-order valence-electron chi connectivity index (χ2n) is 4.84. The summed E-state index contributed by atoms with van der Waals surface area (Å²) in [6.45, 7) is 2.65. The molecule has 1 unspecified atom stereocenters. The van der Waals surface area contributed by atoms with Gasteiger partial charge in [0.05, 0.1) is 6.04 Å². The van der Waals surface area contributed by atoms with Crippen LogP contribution in [0.15, 0.2) is 29.2 Å². The van der Waals surface area contributed by atoms with E-state index >= 15 is 0 Å². The lowest BCUT2D eigenvalue weighted by molar-refractivity contribution is -0.137. The molecule has 0 spiro atoms. The summed E-state index contributed by atoms with van der Waals surface area (Å²) in [6.07, 6.45) is 2.63. The van der Waals surface area contributed by atoms with Crippen LogP contribution in [0.4, 0.5) is 4.39 Å². The summed E-state index contributed by atoms with van der Waals surface area (Å²) in [5, 5.41) is 8.69. The van der Waals surface area contributed by atoms with E-state index in [2.05, 4.69) is 0 Å². The number of carboxylic acids is 1. The van der Waals surface area contributed by atoms with Crippen LogP contribution in [0.25, 0.3) is 6.08 Å². The van der Waals surface area contributed by atoms with Crippen molar-refractivity contribution in [1.29, 1.82) is 0 Å². The number of halogens is 1. The van der Waals surface area contributed by atoms with Gasteiger partial charge in [-0.2, -0.15) is 0 Å². The van der Waals surface area contributed by atoms with Gasteiger partial charge < -0.3 is 10.0 Å². The molecule has 1 aromatic carbocycles. The van der Waals surface area contributed by atoms with E-state index < -0.39 is 5.97 Å². The van der Waals surface area contributed by atoms with Crippen molar-refractivity contribution in [1.82, 2.24) is 4.90 Å². The summed E-state index contributed by atoms with van der Waals surface area (Å²) < 4.78 is 14.0. The van der Waals surface area contributed by atoms with Gasteiger partial charge in [0.1, 0.15) is 10.1 Å². The van der Waals surface area contributed by atoms with E-state index in [0.29, 0.717) is 13.0 Å². The molecule has 1 heterocycles. The van der Waals surface area contributed by atoms with E-state index in [1.165, 1.54) is 23.9 Å². The van der Waals surface area contributed by atoms with Crippen molar-refractivity contribution in [3.05, 3.63) is 40.6 Å². The molecule has 112 valence electrons. The van der Waals surface area contributed by atoms with Crippen LogP contribution in [-0.4, -0.2) is 32.9 Å². The fourth-order valence-electron chi connectivity index (χ4n) is 2.15. The number of aliphatic carboxylic acids is 1. The highest BCUT2D eigenvalue weighted by atomic mass is 32.2. The van der Waals surface area contributed by atoms with Crippen molar-refractivity contribution in [3.63, 3.8) is 0 Å². The second kappa shape index (κ2) is 7.04. The van der Waals surface area contributed by atoms with Gasteiger partial charge in [0.25, 0.3) is 0 Å². The van der Waals surface area contributed by atoms with Crippen LogP contribution in [0.2, 0.25) is 0 Å². The predicted molar refractivity (Wildman–Crippen MR) is 87.6 cm³/mol. The van der Waals surface area contributed by atoms with Crippen LogP contribution in [-0.2, 0) is 4.79 Å². The summed E-state index contributed by atoms with van der Waals surface area (Å²) in [7, 11) is 0. The van der Waals surface area contributed by atoms with Crippen LogP contribution in [0.1, 0.15) is 25.3 Å². The zero-order valence-electron chi connectivity index (χ0n) is 11.6. The Morgan fingerprint density at radius 1 is 1.57 bits per heavy atom. The Balaban J connectivity index is 2.06. The maximum atomic E-state index is 13.2. The predicted octanol–water partition coefficient (Wildman–Crippen LogP) is 3.75. The van der Waals surface area contributed by atoms with Gasteiger partial charge in [-0.1, -0.05) is 36.1 Å². The Labute approximate surface area is 132 Å². The van der Waals surface area contributed by atoms with Crippen molar-refractivity contribution in [3.8, 4) is 0 Å². The first-order chi connectivity index (χ1) is 9.97. The maximum Gasteiger partial charge on any atom is 0.303 e. The number of carbonyl (C=O) groups is 1. The lowest BCUT2D eigenvalue weighted by Gasteiger charge is -2.22. The van der Waals surface area contributed by atoms with E-state index in [1.54, 1.807) is 6.07 Å². The number of thioether (sulfide) groups is 1. The molecule has 1 fully saturated rings. The summed E-state index contributed by atoms with van der Waals surface area (Å²) in [6, 6.07) is 6.51. The third-order valence-corrected chi connectivity index (χ3v) is 4.85. The highest BCUT2D eigenvalue weighted by molar-refractivity contribution is 8.26. The largest absolute Gasteiger partial charge is 0.481 e. The number of hydrogen-bond donors (Lipinski definition) is 1. The topological polar surface area (TPSA) is 40.5 Å². The lowest BCUT2D eigenvalue weighted by atomic mass is 10.1. The van der Waals surface area contributed by atoms with Gasteiger partial charge >= 0.3 is 5.97 Å². The molecule has 1 aliphatic heterocycles. The van der Waals surface area contributed by atoms with Gasteiger partial charge in [0.2, 0.25) is 0 Å². The molecular formula is C15H16FNO2S2. The van der Waals surface area contributed by atoms with Crippen LogP contribution in [0.3, 0.4) is 0 Å². The Bertz CT molecular complexity index is 589. The Hall–Kier alpha value is -1.40. The van der Waals surface area contributed by atoms with Gasteiger partial charge in [-0.15, -0.1) is 0 Å². The zero-order chi connectivity index (χ0) is 15.4. The molecule has 0 amide bonds. The van der Waals surface area contributed by atoms with Crippen LogP contribution in [0.5, 0.6) is 0 Å². The first-order valence-corrected chi connectivity index (χ1v) is 7.87. The number of benzene rings is 1. The minimum Gasteiger partial charge on any atom is -0.481 e. The maximum absolute atomic E-state index is 13.2. The van der Waals surface area contributed by atoms with Gasteiger partial charge in [0, 0.05) is 17.9 Å². The molecule has 0 aliphatic carbocycles. The first kappa shape index (κ1) is 16.0. The van der Waals surface area contributed by atoms with E-state index in [1.807, 2.05) is 24.0 Å². The standard InChI is InChI=1S/C15H16FNO2S2/c1-10-13(9-11-4-2-5-12(16)8-11)21-15(20)17(10)7-3-6-14(18)19/h2,4-5,8-10H,3,6-7H2,1H3,(H,18,19)/b13-9-. The average molecular weight is 325 g/mol. The number of nitrogens with zero attached hydrogens (tertiary/aromatic N) is 1. The van der Waals surface area contributed by atoms with Crippen LogP contribution < -0.4 is 0 Å². The summed E-state index contributed by atoms with van der Waals surface area (Å²) in [4.78, 5) is 13.6. The first-order valence-electron chi connectivity index (χ1n) is 6.65. The summed E-state index contributed by atoms with van der Waals surface area (Å²) >= 11 is 6.83. The molecule has 1 saturated heterocycles. The third-order valence-electron chi connectivity index (χ3n) is 3.27. The van der Waals surface area contributed by atoms with Gasteiger partial charge in [0.15, 0.2) is 0 Å². The molecule has 0 radical (unpaired) electrons. The van der Waals surface area contributed by atoms with Gasteiger partial charge in [-0.25, -0.2) is 4.39 Å². The minimum absolute atomic E-state index is 0.0968. The molecule has 0 saturated carbocycles. The van der Waals surface area contributed by atoms with Crippen molar-refractivity contribution < 1.29 is 14.3 Å². The summed E-state index contributed by atoms with van der Waals surface area (Å²) in [5.74, 6) is -1.06. The summed E-state index contributed by atoms with van der Waals surface area (Å²) in [5.41, 5.74) is 0.805. The Morgan fingerprint density at radius 2 is 2.33 bits per heavy atom. The Kier molecular flexibility index (Phi) is 5.36. The number of carboxylic acid groups (broad SMARTS) is 1. The fraction of sp³-hybridized carbons (Fsp3) is 0.333. The molecule has 1 aliphatic rings. The molecule has 1 N–H and O–H groups in total. The molecule has 2 rings (SSSR count). The highest BCUT2D eigenvalue weighted by Crippen LogP contribution is 2.36. The van der Waals surface area contributed by atoms with Crippen LogP contribution in [0, 0.1) is 5.82 Å². The zero-order valence-corrected chi connectivity index (χ0v) is 13.2. The molecule has 1 atom stereocenters. The minimum atomic E-state index is -0.795.